The molecule has 2 aromatic carbocycles. The fourth-order valence-electron chi connectivity index (χ4n) is 4.78. The first-order valence-corrected chi connectivity index (χ1v) is 12.7. The summed E-state index contributed by atoms with van der Waals surface area (Å²) in [7, 11) is 0. The maximum absolute atomic E-state index is 12.9. The molecule has 1 fully saturated rings. The fourth-order valence-corrected chi connectivity index (χ4v) is 4.95. The third kappa shape index (κ3) is 6.10. The molecule has 2 heterocycles. The zero-order valence-electron chi connectivity index (χ0n) is 21.2. The Balaban J connectivity index is 1.27. The van der Waals surface area contributed by atoms with E-state index in [1.54, 1.807) is 18.4 Å². The van der Waals surface area contributed by atoms with Crippen LogP contribution in [-0.2, 0) is 6.18 Å². The van der Waals surface area contributed by atoms with Crippen molar-refractivity contribution in [3.63, 3.8) is 0 Å². The van der Waals surface area contributed by atoms with Crippen LogP contribution in [0.25, 0.3) is 5.69 Å². The second-order valence-corrected chi connectivity index (χ2v) is 9.70. The molecule has 1 aliphatic heterocycles. The Labute approximate surface area is 220 Å². The predicted molar refractivity (Wildman–Crippen MR) is 140 cm³/mol. The number of carbonyl (C=O) groups excluding carboxylic acids is 1. The number of hydrogen-bond acceptors (Lipinski definition) is 4. The number of aromatic nitrogens is 2. The molecule has 1 amide bonds. The molecule has 1 N–H and O–H groups in total. The number of halogens is 4. The summed E-state index contributed by atoms with van der Waals surface area (Å²) in [6.45, 7) is 10.6. The van der Waals surface area contributed by atoms with Crippen LogP contribution in [0.5, 0.6) is 0 Å². The molecule has 1 saturated heterocycles. The van der Waals surface area contributed by atoms with Crippen LogP contribution < -0.4 is 10.2 Å². The minimum atomic E-state index is -4.40. The van der Waals surface area contributed by atoms with E-state index >= 15 is 0 Å². The summed E-state index contributed by atoms with van der Waals surface area (Å²) in [5.41, 5.74) is 2.96. The first kappa shape index (κ1) is 27.0. The number of alkyl halides is 3. The Hall–Kier alpha value is -3.04. The molecule has 0 atom stereocenters. The summed E-state index contributed by atoms with van der Waals surface area (Å²) in [4.78, 5) is 21.9. The van der Waals surface area contributed by atoms with E-state index in [4.69, 9.17) is 11.6 Å². The largest absolute Gasteiger partial charge is 0.416 e. The molecule has 3 aromatic rings. The zero-order valence-corrected chi connectivity index (χ0v) is 22.0. The summed E-state index contributed by atoms with van der Waals surface area (Å²) in [6.07, 6.45) is -3.59. The lowest BCUT2D eigenvalue weighted by molar-refractivity contribution is -0.137. The molecule has 0 bridgehead atoms. The summed E-state index contributed by atoms with van der Waals surface area (Å²) in [6, 6.07) is 10.8. The fraction of sp³-hybridized carbons (Fsp3) is 0.407. The quantitative estimate of drug-likeness (QED) is 0.413. The summed E-state index contributed by atoms with van der Waals surface area (Å²) < 4.78 is 40.4. The second kappa shape index (κ2) is 11.1. The highest BCUT2D eigenvalue weighted by Gasteiger charge is 2.30. The van der Waals surface area contributed by atoms with Crippen molar-refractivity contribution in [1.29, 1.82) is 0 Å². The van der Waals surface area contributed by atoms with Crippen LogP contribution >= 0.6 is 11.6 Å². The second-order valence-electron chi connectivity index (χ2n) is 9.30. The summed E-state index contributed by atoms with van der Waals surface area (Å²) in [5, 5.41) is 3.72. The van der Waals surface area contributed by atoms with E-state index in [1.165, 1.54) is 17.8 Å². The molecule has 1 aromatic heterocycles. The van der Waals surface area contributed by atoms with Gasteiger partial charge in [0.05, 0.1) is 11.3 Å². The van der Waals surface area contributed by atoms with Crippen LogP contribution in [0.15, 0.2) is 42.5 Å². The average Bonchev–Trinajstić information content (AvgIpc) is 3.17. The highest BCUT2D eigenvalue weighted by atomic mass is 35.5. The van der Waals surface area contributed by atoms with Crippen LogP contribution in [0.4, 0.5) is 18.9 Å². The van der Waals surface area contributed by atoms with Crippen molar-refractivity contribution in [1.82, 2.24) is 19.8 Å². The van der Waals surface area contributed by atoms with Crippen LogP contribution in [0.2, 0.25) is 5.02 Å². The molecular formula is C27H31ClF3N5O. The standard InChI is InChI=1S/C27H31ClF3N5O/c1-18-23(28)6-4-7-24(18)35-16-14-34(15-17-35)13-5-12-32-26(37)25-19(2)36(20(3)33-25)22-10-8-21(9-11-22)27(29,30)31/h4,6-11H,5,12-17H2,1-3H3,(H,32,37). The lowest BCUT2D eigenvalue weighted by Crippen LogP contribution is -2.47. The monoisotopic (exact) mass is 533 g/mol. The number of imidazole rings is 1. The molecule has 0 radical (unpaired) electrons. The van der Waals surface area contributed by atoms with Gasteiger partial charge in [-0.25, -0.2) is 4.98 Å². The van der Waals surface area contributed by atoms with Gasteiger partial charge in [-0.3, -0.25) is 9.69 Å². The highest BCUT2D eigenvalue weighted by molar-refractivity contribution is 6.31. The number of rotatable bonds is 7. The number of aryl methyl sites for hydroxylation is 1. The van der Waals surface area contributed by atoms with Crippen LogP contribution in [0, 0.1) is 20.8 Å². The molecule has 0 saturated carbocycles. The first-order chi connectivity index (χ1) is 17.6. The van der Waals surface area contributed by atoms with Gasteiger partial charge in [-0.1, -0.05) is 17.7 Å². The van der Waals surface area contributed by atoms with E-state index in [0.29, 0.717) is 23.8 Å². The van der Waals surface area contributed by atoms with Gasteiger partial charge in [0.2, 0.25) is 0 Å². The van der Waals surface area contributed by atoms with Crippen molar-refractivity contribution in [3.05, 3.63) is 75.8 Å². The Kier molecular flexibility index (Phi) is 8.14. The van der Waals surface area contributed by atoms with Crippen LogP contribution in [-0.4, -0.2) is 59.6 Å². The van der Waals surface area contributed by atoms with Gasteiger partial charge < -0.3 is 14.8 Å². The van der Waals surface area contributed by atoms with E-state index in [9.17, 15) is 18.0 Å². The van der Waals surface area contributed by atoms with E-state index < -0.39 is 11.7 Å². The van der Waals surface area contributed by atoms with Gasteiger partial charge in [0.15, 0.2) is 0 Å². The number of benzene rings is 2. The van der Waals surface area contributed by atoms with E-state index in [2.05, 4.69) is 26.2 Å². The summed E-state index contributed by atoms with van der Waals surface area (Å²) >= 11 is 6.27. The minimum absolute atomic E-state index is 0.280. The minimum Gasteiger partial charge on any atom is -0.369 e. The number of hydrogen-bond donors (Lipinski definition) is 1. The van der Waals surface area contributed by atoms with Crippen LogP contribution in [0.1, 0.15) is 39.6 Å². The van der Waals surface area contributed by atoms with Gasteiger partial charge in [-0.15, -0.1) is 0 Å². The van der Waals surface area contributed by atoms with Crippen molar-refractivity contribution in [2.45, 2.75) is 33.4 Å². The molecule has 198 valence electrons. The van der Waals surface area contributed by atoms with Crippen molar-refractivity contribution >= 4 is 23.2 Å². The topological polar surface area (TPSA) is 53.4 Å². The molecule has 10 heteroatoms. The average molecular weight is 534 g/mol. The Morgan fingerprint density at radius 2 is 1.70 bits per heavy atom. The van der Waals surface area contributed by atoms with E-state index in [-0.39, 0.29) is 11.6 Å². The SMILES string of the molecule is Cc1c(Cl)cccc1N1CCN(CCCNC(=O)c2nc(C)n(-c3ccc(C(F)(F)F)cc3)c2C)CC1. The molecule has 0 spiro atoms. The van der Waals surface area contributed by atoms with Crippen molar-refractivity contribution < 1.29 is 18.0 Å². The number of carbonyl (C=O) groups is 1. The van der Waals surface area contributed by atoms with E-state index in [1.807, 2.05) is 19.1 Å². The number of anilines is 1. The van der Waals surface area contributed by atoms with Crippen molar-refractivity contribution in [2.75, 3.05) is 44.2 Å². The van der Waals surface area contributed by atoms with E-state index in [0.717, 1.165) is 61.9 Å². The summed E-state index contributed by atoms with van der Waals surface area (Å²) in [5.74, 6) is 0.253. The van der Waals surface area contributed by atoms with Crippen molar-refractivity contribution in [2.24, 2.45) is 0 Å². The molecule has 0 aliphatic carbocycles. The maximum Gasteiger partial charge on any atom is 0.416 e. The highest BCUT2D eigenvalue weighted by Crippen LogP contribution is 2.30. The lowest BCUT2D eigenvalue weighted by Gasteiger charge is -2.37. The zero-order chi connectivity index (χ0) is 26.7. The van der Waals surface area contributed by atoms with Gasteiger partial charge in [0.25, 0.3) is 5.91 Å². The first-order valence-electron chi connectivity index (χ1n) is 12.3. The number of piperazine rings is 1. The van der Waals surface area contributed by atoms with Gasteiger partial charge >= 0.3 is 6.18 Å². The van der Waals surface area contributed by atoms with Gasteiger partial charge in [0.1, 0.15) is 11.5 Å². The third-order valence-corrected chi connectivity index (χ3v) is 7.24. The molecule has 6 nitrogen and oxygen atoms in total. The smallest absolute Gasteiger partial charge is 0.369 e. The molecule has 4 rings (SSSR count). The van der Waals surface area contributed by atoms with Crippen molar-refractivity contribution in [3.8, 4) is 5.69 Å². The number of nitrogens with zero attached hydrogens (tertiary/aromatic N) is 4. The number of nitrogens with one attached hydrogen (secondary N) is 1. The Bertz CT molecular complexity index is 1250. The lowest BCUT2D eigenvalue weighted by atomic mass is 10.1. The maximum atomic E-state index is 12.9. The van der Waals surface area contributed by atoms with Gasteiger partial charge in [0, 0.05) is 49.1 Å². The number of amides is 1. The molecule has 37 heavy (non-hydrogen) atoms. The third-order valence-electron chi connectivity index (χ3n) is 6.83. The predicted octanol–water partition coefficient (Wildman–Crippen LogP) is 5.41. The molecule has 1 aliphatic rings. The van der Waals surface area contributed by atoms with Crippen LogP contribution in [0.3, 0.4) is 0 Å². The normalized spacial score (nSPS) is 14.7. The molecular weight excluding hydrogens is 503 g/mol. The van der Waals surface area contributed by atoms with Gasteiger partial charge in [-0.2, -0.15) is 13.2 Å². The van der Waals surface area contributed by atoms with Gasteiger partial charge in [-0.05, 0) is 75.7 Å². The Morgan fingerprint density at radius 3 is 2.35 bits per heavy atom. The molecule has 0 unspecified atom stereocenters. The Morgan fingerprint density at radius 1 is 1.03 bits per heavy atom.